The molecule has 0 saturated heterocycles. The van der Waals surface area contributed by atoms with E-state index >= 15 is 0 Å². The number of rotatable bonds is 4. The van der Waals surface area contributed by atoms with Crippen molar-refractivity contribution in [2.75, 3.05) is 13.6 Å². The third kappa shape index (κ3) is 4.08. The average molecular weight is 241 g/mol. The van der Waals surface area contributed by atoms with Crippen molar-refractivity contribution in [3.05, 3.63) is 35.4 Å². The van der Waals surface area contributed by atoms with Gasteiger partial charge in [-0.15, -0.1) is 0 Å². The standard InChI is InChI=1S/C14H21F2N/c1-14(2,3)11(9-17-4)7-10-5-6-12(15)13(16)8-10/h5-6,8,11,17H,7,9H2,1-4H3. The lowest BCUT2D eigenvalue weighted by molar-refractivity contribution is 0.234. The Balaban J connectivity index is 2.82. The molecule has 0 saturated carbocycles. The zero-order valence-corrected chi connectivity index (χ0v) is 11.0. The largest absolute Gasteiger partial charge is 0.319 e. The molecular formula is C14H21F2N. The van der Waals surface area contributed by atoms with Crippen LogP contribution in [0.5, 0.6) is 0 Å². The third-order valence-electron chi connectivity index (χ3n) is 3.14. The molecule has 1 nitrogen and oxygen atoms in total. The quantitative estimate of drug-likeness (QED) is 0.852. The summed E-state index contributed by atoms with van der Waals surface area (Å²) in [5, 5.41) is 3.15. The lowest BCUT2D eigenvalue weighted by atomic mass is 9.77. The second-order valence-electron chi connectivity index (χ2n) is 5.57. The zero-order valence-electron chi connectivity index (χ0n) is 11.0. The Kier molecular flexibility index (Phi) is 4.63. The van der Waals surface area contributed by atoms with Crippen molar-refractivity contribution >= 4 is 0 Å². The van der Waals surface area contributed by atoms with E-state index in [-0.39, 0.29) is 5.41 Å². The molecule has 96 valence electrons. The molecule has 3 heteroatoms. The zero-order chi connectivity index (χ0) is 13.1. The first-order valence-electron chi connectivity index (χ1n) is 5.93. The van der Waals surface area contributed by atoms with E-state index < -0.39 is 11.6 Å². The van der Waals surface area contributed by atoms with Gasteiger partial charge in [0, 0.05) is 0 Å². The van der Waals surface area contributed by atoms with Gasteiger partial charge in [-0.25, -0.2) is 8.78 Å². The van der Waals surface area contributed by atoms with Gasteiger partial charge in [0.1, 0.15) is 0 Å². The van der Waals surface area contributed by atoms with Gasteiger partial charge in [0.05, 0.1) is 0 Å². The van der Waals surface area contributed by atoms with Crippen LogP contribution >= 0.6 is 0 Å². The summed E-state index contributed by atoms with van der Waals surface area (Å²) in [6.45, 7) is 7.35. The van der Waals surface area contributed by atoms with Crippen LogP contribution in [0.25, 0.3) is 0 Å². The van der Waals surface area contributed by atoms with Crippen LogP contribution in [0.2, 0.25) is 0 Å². The molecule has 0 aromatic heterocycles. The molecule has 1 aromatic carbocycles. The van der Waals surface area contributed by atoms with Crippen molar-refractivity contribution in [2.24, 2.45) is 11.3 Å². The van der Waals surface area contributed by atoms with Gasteiger partial charge in [-0.05, 0) is 49.0 Å². The molecular weight excluding hydrogens is 220 g/mol. The Bertz CT molecular complexity index is 369. The maximum atomic E-state index is 13.1. The molecule has 0 heterocycles. The topological polar surface area (TPSA) is 12.0 Å². The highest BCUT2D eigenvalue weighted by atomic mass is 19.2. The predicted octanol–water partition coefficient (Wildman–Crippen LogP) is 3.39. The number of nitrogens with one attached hydrogen (secondary N) is 1. The van der Waals surface area contributed by atoms with E-state index in [1.165, 1.54) is 12.1 Å². The fourth-order valence-electron chi connectivity index (χ4n) is 1.88. The Morgan fingerprint density at radius 1 is 1.18 bits per heavy atom. The molecule has 1 rings (SSSR count). The summed E-state index contributed by atoms with van der Waals surface area (Å²) >= 11 is 0. The van der Waals surface area contributed by atoms with E-state index in [1.807, 2.05) is 7.05 Å². The highest BCUT2D eigenvalue weighted by Crippen LogP contribution is 2.28. The molecule has 17 heavy (non-hydrogen) atoms. The Morgan fingerprint density at radius 2 is 1.82 bits per heavy atom. The number of halogens is 2. The van der Waals surface area contributed by atoms with Crippen molar-refractivity contribution in [1.29, 1.82) is 0 Å². The molecule has 0 aliphatic heterocycles. The minimum absolute atomic E-state index is 0.133. The van der Waals surface area contributed by atoms with Gasteiger partial charge in [0.25, 0.3) is 0 Å². The monoisotopic (exact) mass is 241 g/mol. The second kappa shape index (κ2) is 5.58. The fourth-order valence-corrected chi connectivity index (χ4v) is 1.88. The molecule has 0 aliphatic rings. The van der Waals surface area contributed by atoms with Gasteiger partial charge in [0.2, 0.25) is 0 Å². The first-order chi connectivity index (χ1) is 7.84. The van der Waals surface area contributed by atoms with Crippen LogP contribution in [-0.4, -0.2) is 13.6 Å². The first kappa shape index (κ1) is 14.1. The summed E-state index contributed by atoms with van der Waals surface area (Å²) in [6.07, 6.45) is 0.752. The molecule has 1 N–H and O–H groups in total. The number of benzene rings is 1. The highest BCUT2D eigenvalue weighted by molar-refractivity contribution is 5.18. The molecule has 0 bridgehead atoms. The SMILES string of the molecule is CNCC(Cc1ccc(F)c(F)c1)C(C)(C)C. The average Bonchev–Trinajstić information content (AvgIpc) is 2.21. The van der Waals surface area contributed by atoms with Crippen LogP contribution in [0.1, 0.15) is 26.3 Å². The molecule has 0 fully saturated rings. The predicted molar refractivity (Wildman–Crippen MR) is 66.9 cm³/mol. The first-order valence-corrected chi connectivity index (χ1v) is 5.93. The summed E-state index contributed by atoms with van der Waals surface area (Å²) in [6, 6.07) is 4.15. The normalized spacial score (nSPS) is 13.8. The summed E-state index contributed by atoms with van der Waals surface area (Å²) < 4.78 is 26.0. The molecule has 0 radical (unpaired) electrons. The van der Waals surface area contributed by atoms with E-state index in [1.54, 1.807) is 6.07 Å². The van der Waals surface area contributed by atoms with Crippen LogP contribution in [0, 0.1) is 23.0 Å². The van der Waals surface area contributed by atoms with Crippen molar-refractivity contribution in [1.82, 2.24) is 5.32 Å². The maximum absolute atomic E-state index is 13.1. The van der Waals surface area contributed by atoms with Crippen LogP contribution in [0.3, 0.4) is 0 Å². The highest BCUT2D eigenvalue weighted by Gasteiger charge is 2.24. The molecule has 0 aliphatic carbocycles. The second-order valence-corrected chi connectivity index (χ2v) is 5.57. The van der Waals surface area contributed by atoms with E-state index in [4.69, 9.17) is 0 Å². The fraction of sp³-hybridized carbons (Fsp3) is 0.571. The summed E-state index contributed by atoms with van der Waals surface area (Å²) in [5.74, 6) is -1.16. The molecule has 1 aromatic rings. The Labute approximate surface area is 102 Å². The van der Waals surface area contributed by atoms with E-state index in [0.29, 0.717) is 5.92 Å². The van der Waals surface area contributed by atoms with Crippen LogP contribution < -0.4 is 5.32 Å². The van der Waals surface area contributed by atoms with Gasteiger partial charge < -0.3 is 5.32 Å². The summed E-state index contributed by atoms with van der Waals surface area (Å²) in [5.41, 5.74) is 0.979. The van der Waals surface area contributed by atoms with Crippen LogP contribution in [-0.2, 0) is 6.42 Å². The van der Waals surface area contributed by atoms with Crippen molar-refractivity contribution in [3.8, 4) is 0 Å². The lowest BCUT2D eigenvalue weighted by Gasteiger charge is -2.30. The molecule has 1 unspecified atom stereocenters. The number of hydrogen-bond donors (Lipinski definition) is 1. The van der Waals surface area contributed by atoms with Crippen LogP contribution in [0.15, 0.2) is 18.2 Å². The molecule has 0 amide bonds. The van der Waals surface area contributed by atoms with Gasteiger partial charge in [-0.3, -0.25) is 0 Å². The Hall–Kier alpha value is -0.960. The minimum Gasteiger partial charge on any atom is -0.319 e. The van der Waals surface area contributed by atoms with Crippen LogP contribution in [0.4, 0.5) is 8.78 Å². The molecule has 1 atom stereocenters. The summed E-state index contributed by atoms with van der Waals surface area (Å²) in [4.78, 5) is 0. The maximum Gasteiger partial charge on any atom is 0.159 e. The molecule has 0 spiro atoms. The van der Waals surface area contributed by atoms with Crippen molar-refractivity contribution in [3.63, 3.8) is 0 Å². The smallest absolute Gasteiger partial charge is 0.159 e. The van der Waals surface area contributed by atoms with Gasteiger partial charge in [0.15, 0.2) is 11.6 Å². The van der Waals surface area contributed by atoms with E-state index in [2.05, 4.69) is 26.1 Å². The summed E-state index contributed by atoms with van der Waals surface area (Å²) in [7, 11) is 1.91. The van der Waals surface area contributed by atoms with Crippen molar-refractivity contribution < 1.29 is 8.78 Å². The Morgan fingerprint density at radius 3 is 2.29 bits per heavy atom. The third-order valence-corrected chi connectivity index (χ3v) is 3.14. The van der Waals surface area contributed by atoms with E-state index in [9.17, 15) is 8.78 Å². The van der Waals surface area contributed by atoms with Gasteiger partial charge in [-0.1, -0.05) is 26.8 Å². The minimum atomic E-state index is -0.783. The van der Waals surface area contributed by atoms with Gasteiger partial charge >= 0.3 is 0 Å². The van der Waals surface area contributed by atoms with E-state index in [0.717, 1.165) is 18.5 Å². The van der Waals surface area contributed by atoms with Gasteiger partial charge in [-0.2, -0.15) is 0 Å². The van der Waals surface area contributed by atoms with Crippen molar-refractivity contribution in [2.45, 2.75) is 27.2 Å². The lowest BCUT2D eigenvalue weighted by Crippen LogP contribution is -2.31. The number of hydrogen-bond acceptors (Lipinski definition) is 1.